The van der Waals surface area contributed by atoms with Crippen LogP contribution in [0.4, 0.5) is 13.2 Å². The number of hydrogen-bond acceptors (Lipinski definition) is 4. The summed E-state index contributed by atoms with van der Waals surface area (Å²) in [6.07, 6.45) is -4.42. The second kappa shape index (κ2) is 5.36. The molecule has 1 aliphatic carbocycles. The topological polar surface area (TPSA) is 72.6 Å². The number of amides is 1. The number of carbonyl (C=O) groups is 2. The van der Waals surface area contributed by atoms with Crippen molar-refractivity contribution in [1.82, 2.24) is 4.90 Å². The molecule has 2 N–H and O–H groups in total. The van der Waals surface area contributed by atoms with Gasteiger partial charge in [-0.25, -0.2) is 4.79 Å². The third kappa shape index (κ3) is 3.59. The molecule has 0 aromatic heterocycles. The Labute approximate surface area is 108 Å². The molecule has 5 nitrogen and oxygen atoms in total. The molecule has 0 atom stereocenters. The standard InChI is InChI=1S/C11H17F3N2O3/c1-16(2)8(17)10(5-3-7(15)4-6-10)19-9(18)11(12,13)14/h7H,3-6,15H2,1-2H3. The summed E-state index contributed by atoms with van der Waals surface area (Å²) >= 11 is 0. The van der Waals surface area contributed by atoms with Gasteiger partial charge in [-0.3, -0.25) is 4.79 Å². The molecule has 110 valence electrons. The molecule has 0 bridgehead atoms. The van der Waals surface area contributed by atoms with Gasteiger partial charge in [0, 0.05) is 20.1 Å². The van der Waals surface area contributed by atoms with Crippen LogP contribution in [-0.2, 0) is 14.3 Å². The van der Waals surface area contributed by atoms with Crippen LogP contribution in [0.15, 0.2) is 0 Å². The summed E-state index contributed by atoms with van der Waals surface area (Å²) in [5.74, 6) is -2.98. The van der Waals surface area contributed by atoms with Gasteiger partial charge < -0.3 is 15.4 Å². The summed E-state index contributed by atoms with van der Waals surface area (Å²) in [6.45, 7) is 0. The van der Waals surface area contributed by atoms with Crippen molar-refractivity contribution in [2.45, 2.75) is 43.5 Å². The van der Waals surface area contributed by atoms with Gasteiger partial charge in [0.25, 0.3) is 5.91 Å². The van der Waals surface area contributed by atoms with Gasteiger partial charge in [-0.05, 0) is 25.7 Å². The number of ether oxygens (including phenoxy) is 1. The Morgan fingerprint density at radius 3 is 2.11 bits per heavy atom. The molecule has 0 saturated heterocycles. The predicted molar refractivity (Wildman–Crippen MR) is 60.0 cm³/mol. The van der Waals surface area contributed by atoms with Crippen LogP contribution in [0.1, 0.15) is 25.7 Å². The van der Waals surface area contributed by atoms with Crippen LogP contribution in [-0.4, -0.2) is 48.7 Å². The van der Waals surface area contributed by atoms with Gasteiger partial charge in [-0.1, -0.05) is 0 Å². The highest BCUT2D eigenvalue weighted by molar-refractivity contribution is 5.88. The van der Waals surface area contributed by atoms with Gasteiger partial charge in [0.1, 0.15) is 0 Å². The number of likely N-dealkylation sites (N-methyl/N-ethyl adjacent to an activating group) is 1. The van der Waals surface area contributed by atoms with Crippen molar-refractivity contribution in [2.75, 3.05) is 14.1 Å². The largest absolute Gasteiger partial charge is 0.490 e. The van der Waals surface area contributed by atoms with Gasteiger partial charge in [-0.15, -0.1) is 0 Å². The highest BCUT2D eigenvalue weighted by Gasteiger charge is 2.51. The van der Waals surface area contributed by atoms with E-state index in [2.05, 4.69) is 4.74 Å². The molecule has 0 heterocycles. The van der Waals surface area contributed by atoms with E-state index in [-0.39, 0.29) is 18.9 Å². The van der Waals surface area contributed by atoms with Crippen molar-refractivity contribution in [3.05, 3.63) is 0 Å². The summed E-state index contributed by atoms with van der Waals surface area (Å²) in [7, 11) is 2.81. The van der Waals surface area contributed by atoms with Crippen LogP contribution in [0, 0.1) is 0 Å². The summed E-state index contributed by atoms with van der Waals surface area (Å²) in [4.78, 5) is 24.2. The fourth-order valence-corrected chi connectivity index (χ4v) is 2.11. The SMILES string of the molecule is CN(C)C(=O)C1(OC(=O)C(F)(F)F)CCC(N)CC1. The molecular weight excluding hydrogens is 265 g/mol. The van der Waals surface area contributed by atoms with Gasteiger partial charge in [0.2, 0.25) is 0 Å². The lowest BCUT2D eigenvalue weighted by Crippen LogP contribution is -2.54. The van der Waals surface area contributed by atoms with E-state index in [0.29, 0.717) is 12.8 Å². The molecule has 0 aromatic rings. The maximum Gasteiger partial charge on any atom is 0.490 e. The Bertz CT molecular complexity index is 361. The Balaban J connectivity index is 2.94. The van der Waals surface area contributed by atoms with Crippen LogP contribution in [0.25, 0.3) is 0 Å². The Hall–Kier alpha value is -1.31. The minimum Gasteiger partial charge on any atom is -0.442 e. The molecule has 0 aliphatic heterocycles. The maximum atomic E-state index is 12.3. The molecule has 0 radical (unpaired) electrons. The molecule has 1 amide bonds. The van der Waals surface area contributed by atoms with E-state index in [9.17, 15) is 22.8 Å². The summed E-state index contributed by atoms with van der Waals surface area (Å²) < 4.78 is 41.4. The predicted octanol–water partition coefficient (Wildman–Crippen LogP) is 0.820. The zero-order valence-electron chi connectivity index (χ0n) is 10.8. The minimum absolute atomic E-state index is 0.00694. The van der Waals surface area contributed by atoms with E-state index in [0.717, 1.165) is 4.90 Å². The molecule has 1 fully saturated rings. The first-order chi connectivity index (χ1) is 8.58. The maximum absolute atomic E-state index is 12.3. The third-order valence-electron chi connectivity index (χ3n) is 3.15. The van der Waals surface area contributed by atoms with E-state index in [1.165, 1.54) is 14.1 Å². The molecule has 19 heavy (non-hydrogen) atoms. The molecular formula is C11H17F3N2O3. The lowest BCUT2D eigenvalue weighted by molar-refractivity contribution is -0.218. The van der Waals surface area contributed by atoms with Crippen molar-refractivity contribution in [3.8, 4) is 0 Å². The quantitative estimate of drug-likeness (QED) is 0.761. The van der Waals surface area contributed by atoms with Crippen LogP contribution >= 0.6 is 0 Å². The van der Waals surface area contributed by atoms with Crippen molar-refractivity contribution in [1.29, 1.82) is 0 Å². The number of alkyl halides is 3. The fourth-order valence-electron chi connectivity index (χ4n) is 2.11. The highest BCUT2D eigenvalue weighted by atomic mass is 19.4. The first-order valence-corrected chi connectivity index (χ1v) is 5.86. The van der Waals surface area contributed by atoms with Gasteiger partial charge in [-0.2, -0.15) is 13.2 Å². The lowest BCUT2D eigenvalue weighted by atomic mass is 9.81. The third-order valence-corrected chi connectivity index (χ3v) is 3.15. The van der Waals surface area contributed by atoms with Crippen molar-refractivity contribution >= 4 is 11.9 Å². The second-order valence-electron chi connectivity index (χ2n) is 4.92. The molecule has 1 rings (SSSR count). The molecule has 0 aromatic carbocycles. The van der Waals surface area contributed by atoms with E-state index < -0.39 is 23.7 Å². The Morgan fingerprint density at radius 2 is 1.74 bits per heavy atom. The number of carbonyl (C=O) groups excluding carboxylic acids is 2. The monoisotopic (exact) mass is 282 g/mol. The first-order valence-electron chi connectivity index (χ1n) is 5.86. The van der Waals surface area contributed by atoms with Gasteiger partial charge >= 0.3 is 12.1 Å². The average molecular weight is 282 g/mol. The lowest BCUT2D eigenvalue weighted by Gasteiger charge is -2.38. The zero-order chi connectivity index (χ0) is 14.8. The number of halogens is 3. The molecule has 1 saturated carbocycles. The van der Waals surface area contributed by atoms with Crippen molar-refractivity contribution in [2.24, 2.45) is 5.73 Å². The Kier molecular flexibility index (Phi) is 4.44. The van der Waals surface area contributed by atoms with Gasteiger partial charge in [0.05, 0.1) is 0 Å². The van der Waals surface area contributed by atoms with Gasteiger partial charge in [0.15, 0.2) is 5.60 Å². The minimum atomic E-state index is -5.11. The highest BCUT2D eigenvalue weighted by Crippen LogP contribution is 2.34. The number of rotatable bonds is 2. The summed E-state index contributed by atoms with van der Waals surface area (Å²) in [6, 6.07) is -0.187. The van der Waals surface area contributed by atoms with Crippen molar-refractivity contribution in [3.63, 3.8) is 0 Å². The smallest absolute Gasteiger partial charge is 0.442 e. The number of esters is 1. The number of hydrogen-bond donors (Lipinski definition) is 1. The van der Waals surface area contributed by atoms with Crippen LogP contribution < -0.4 is 5.73 Å². The van der Waals surface area contributed by atoms with E-state index in [4.69, 9.17) is 5.73 Å². The first kappa shape index (κ1) is 15.7. The van der Waals surface area contributed by atoms with Crippen LogP contribution in [0.5, 0.6) is 0 Å². The second-order valence-corrected chi connectivity index (χ2v) is 4.92. The van der Waals surface area contributed by atoms with Crippen molar-refractivity contribution < 1.29 is 27.5 Å². The van der Waals surface area contributed by atoms with E-state index >= 15 is 0 Å². The van der Waals surface area contributed by atoms with Crippen LogP contribution in [0.3, 0.4) is 0 Å². The van der Waals surface area contributed by atoms with Crippen LogP contribution in [0.2, 0.25) is 0 Å². The van der Waals surface area contributed by atoms with E-state index in [1.54, 1.807) is 0 Å². The molecule has 8 heteroatoms. The zero-order valence-corrected chi connectivity index (χ0v) is 10.8. The molecule has 0 spiro atoms. The normalized spacial score (nSPS) is 27.8. The summed E-state index contributed by atoms with van der Waals surface area (Å²) in [5, 5.41) is 0. The molecule has 0 unspecified atom stereocenters. The summed E-state index contributed by atoms with van der Waals surface area (Å²) in [5.41, 5.74) is 3.92. The fraction of sp³-hybridized carbons (Fsp3) is 0.818. The Morgan fingerprint density at radius 1 is 1.26 bits per heavy atom. The molecule has 1 aliphatic rings. The number of nitrogens with zero attached hydrogens (tertiary/aromatic N) is 1. The van der Waals surface area contributed by atoms with E-state index in [1.807, 2.05) is 0 Å². The average Bonchev–Trinajstić information content (AvgIpc) is 2.30. The number of nitrogens with two attached hydrogens (primary N) is 1.